The molecule has 12 heteroatoms. The number of anilines is 3. The van der Waals surface area contributed by atoms with Crippen LogP contribution in [0, 0.1) is 15.2 Å². The van der Waals surface area contributed by atoms with Gasteiger partial charge in [0.15, 0.2) is 0 Å². The number of nitrogens with one attached hydrogen (secondary N) is 3. The van der Waals surface area contributed by atoms with Crippen LogP contribution in [0.2, 0.25) is 0 Å². The van der Waals surface area contributed by atoms with Crippen molar-refractivity contribution in [2.45, 2.75) is 24.8 Å². The van der Waals surface area contributed by atoms with Crippen molar-refractivity contribution in [2.24, 2.45) is 0 Å². The average Bonchev–Trinajstić information content (AvgIpc) is 3.23. The molecule has 7 nitrogen and oxygen atoms in total. The summed E-state index contributed by atoms with van der Waals surface area (Å²) in [7, 11) is -4.10. The number of thiazole rings is 1. The van der Waals surface area contributed by atoms with Crippen molar-refractivity contribution in [2.75, 3.05) is 16.6 Å². The predicted molar refractivity (Wildman–Crippen MR) is 129 cm³/mol. The molecule has 0 unspecified atom stereocenters. The van der Waals surface area contributed by atoms with Crippen LogP contribution < -0.4 is 14.8 Å². The normalized spacial score (nSPS) is 14.9. The van der Waals surface area contributed by atoms with Gasteiger partial charge in [-0.15, -0.1) is 11.3 Å². The summed E-state index contributed by atoms with van der Waals surface area (Å²) in [6.07, 6.45) is 1.50. The van der Waals surface area contributed by atoms with Crippen LogP contribution in [0.3, 0.4) is 0 Å². The summed E-state index contributed by atoms with van der Waals surface area (Å²) in [5.41, 5.74) is 1.55. The third kappa shape index (κ3) is 5.36. The predicted octanol–water partition coefficient (Wildman–Crippen LogP) is 4.60. The quantitative estimate of drug-likeness (QED) is 0.272. The summed E-state index contributed by atoms with van der Waals surface area (Å²) in [6, 6.07) is 6.72. The molecular weight excluding hydrogens is 573 g/mol. The first-order valence-corrected chi connectivity index (χ1v) is 13.1. The zero-order valence-electron chi connectivity index (χ0n) is 16.5. The van der Waals surface area contributed by atoms with Crippen LogP contribution in [-0.4, -0.2) is 30.7 Å². The Balaban J connectivity index is 1.76. The molecule has 4 N–H and O–H groups in total. The molecule has 3 aromatic rings. The fraction of sp³-hybridized carbons (Fsp3) is 0.250. The second-order valence-corrected chi connectivity index (χ2v) is 10.8. The maximum atomic E-state index is 14.5. The largest absolute Gasteiger partial charge is 0.396 e. The van der Waals surface area contributed by atoms with Crippen molar-refractivity contribution in [3.8, 4) is 11.3 Å². The highest BCUT2D eigenvalue weighted by atomic mass is 127. The summed E-state index contributed by atoms with van der Waals surface area (Å²) in [4.78, 5) is 4.17. The summed E-state index contributed by atoms with van der Waals surface area (Å²) in [5.74, 6) is -1.21. The van der Waals surface area contributed by atoms with Crippen molar-refractivity contribution >= 4 is 61.2 Å². The van der Waals surface area contributed by atoms with Gasteiger partial charge in [-0.2, -0.15) is 13.1 Å². The minimum Gasteiger partial charge on any atom is -0.396 e. The van der Waals surface area contributed by atoms with Gasteiger partial charge in [0.2, 0.25) is 0 Å². The Morgan fingerprint density at radius 1 is 1.19 bits per heavy atom. The number of aliphatic hydroxyl groups is 1. The van der Waals surface area contributed by atoms with E-state index in [0.717, 1.165) is 6.07 Å². The van der Waals surface area contributed by atoms with Gasteiger partial charge >= 0.3 is 0 Å². The lowest BCUT2D eigenvalue weighted by Gasteiger charge is -2.21. The summed E-state index contributed by atoms with van der Waals surface area (Å²) < 4.78 is 60.5. The highest BCUT2D eigenvalue weighted by Gasteiger charge is 2.45. The van der Waals surface area contributed by atoms with Gasteiger partial charge in [-0.25, -0.2) is 13.8 Å². The number of hydrogen-bond donors (Lipinski definition) is 4. The number of aromatic nitrogens is 1. The number of halogens is 3. The lowest BCUT2D eigenvalue weighted by atomic mass is 10.1. The molecule has 1 aromatic heterocycles. The number of rotatable bonds is 9. The molecule has 1 saturated carbocycles. The maximum Gasteiger partial charge on any atom is 0.299 e. The van der Waals surface area contributed by atoms with Gasteiger partial charge in [0, 0.05) is 26.7 Å². The first-order valence-electron chi connectivity index (χ1n) is 9.57. The molecule has 0 radical (unpaired) electrons. The molecule has 0 spiro atoms. The van der Waals surface area contributed by atoms with Crippen molar-refractivity contribution in [3.05, 3.63) is 56.4 Å². The average molecular weight is 592 g/mol. The summed E-state index contributed by atoms with van der Waals surface area (Å²) in [6.45, 7) is -0.151. The van der Waals surface area contributed by atoms with Crippen LogP contribution in [0.4, 0.5) is 25.8 Å². The standard InChI is InChI=1S/C20H19F2IN4O3S2/c21-12-7-14(18-10-31-11-24-18)19(26-32(29,30)27-20(3-4-20)5-6-28)17(8-12)25-16-2-1-13(23)9-15(16)22/h1-2,7-11,25-28H,3-6H2. The molecule has 1 heterocycles. The zero-order chi connectivity index (χ0) is 22.9. The van der Waals surface area contributed by atoms with E-state index in [4.69, 9.17) is 0 Å². The van der Waals surface area contributed by atoms with Crippen molar-refractivity contribution in [1.29, 1.82) is 0 Å². The smallest absolute Gasteiger partial charge is 0.299 e. The van der Waals surface area contributed by atoms with E-state index in [0.29, 0.717) is 22.1 Å². The van der Waals surface area contributed by atoms with Crippen LogP contribution in [0.1, 0.15) is 19.3 Å². The Morgan fingerprint density at radius 2 is 1.97 bits per heavy atom. The molecule has 0 aliphatic heterocycles. The fourth-order valence-electron chi connectivity index (χ4n) is 3.31. The van der Waals surface area contributed by atoms with Gasteiger partial charge < -0.3 is 10.4 Å². The van der Waals surface area contributed by atoms with Gasteiger partial charge in [0.05, 0.1) is 28.3 Å². The van der Waals surface area contributed by atoms with Crippen LogP contribution in [0.5, 0.6) is 0 Å². The van der Waals surface area contributed by atoms with Gasteiger partial charge in [-0.3, -0.25) is 4.72 Å². The zero-order valence-corrected chi connectivity index (χ0v) is 20.3. The van der Waals surface area contributed by atoms with Gasteiger partial charge in [-0.1, -0.05) is 0 Å². The van der Waals surface area contributed by atoms with Crippen LogP contribution in [0.25, 0.3) is 11.3 Å². The van der Waals surface area contributed by atoms with Gasteiger partial charge in [-0.05, 0) is 72.2 Å². The topological polar surface area (TPSA) is 103 Å². The number of nitrogens with zero attached hydrogens (tertiary/aromatic N) is 1. The first-order chi connectivity index (χ1) is 15.2. The molecular formula is C20H19F2IN4O3S2. The second kappa shape index (κ2) is 9.17. The minimum atomic E-state index is -4.10. The second-order valence-electron chi connectivity index (χ2n) is 7.46. The van der Waals surface area contributed by atoms with E-state index in [1.165, 1.54) is 29.5 Å². The van der Waals surface area contributed by atoms with E-state index in [2.05, 4.69) is 19.7 Å². The van der Waals surface area contributed by atoms with Gasteiger partial charge in [0.25, 0.3) is 10.2 Å². The molecule has 4 rings (SSSR count). The molecule has 170 valence electrons. The number of hydrogen-bond acceptors (Lipinski definition) is 6. The van der Waals surface area contributed by atoms with Crippen molar-refractivity contribution in [1.82, 2.24) is 9.71 Å². The molecule has 0 saturated heterocycles. The van der Waals surface area contributed by atoms with E-state index in [1.54, 1.807) is 17.0 Å². The Kier molecular flexibility index (Phi) is 6.68. The van der Waals surface area contributed by atoms with Crippen LogP contribution in [0.15, 0.2) is 41.2 Å². The van der Waals surface area contributed by atoms with E-state index in [-0.39, 0.29) is 35.7 Å². The summed E-state index contributed by atoms with van der Waals surface area (Å²) >= 11 is 3.24. The minimum absolute atomic E-state index is 0.0301. The Hall–Kier alpha value is -1.87. The van der Waals surface area contributed by atoms with Gasteiger partial charge in [0.1, 0.15) is 11.6 Å². The van der Waals surface area contributed by atoms with Crippen molar-refractivity contribution in [3.63, 3.8) is 0 Å². The lowest BCUT2D eigenvalue weighted by Crippen LogP contribution is -2.41. The molecule has 1 aliphatic rings. The molecule has 0 amide bonds. The lowest BCUT2D eigenvalue weighted by molar-refractivity contribution is 0.267. The maximum absolute atomic E-state index is 14.5. The first kappa shape index (κ1) is 23.3. The van der Waals surface area contributed by atoms with E-state index < -0.39 is 27.4 Å². The van der Waals surface area contributed by atoms with Crippen LogP contribution >= 0.6 is 33.9 Å². The Bertz CT molecular complexity index is 1240. The van der Waals surface area contributed by atoms with Crippen LogP contribution in [-0.2, 0) is 10.2 Å². The Labute approximate surface area is 201 Å². The SMILES string of the molecule is O=S(=O)(Nc1c(Nc2ccc(I)cc2F)cc(F)cc1-c1cscn1)NC1(CCO)CC1. The Morgan fingerprint density at radius 3 is 2.59 bits per heavy atom. The molecule has 1 fully saturated rings. The molecule has 1 aliphatic carbocycles. The highest BCUT2D eigenvalue weighted by Crippen LogP contribution is 2.41. The molecule has 32 heavy (non-hydrogen) atoms. The molecule has 2 aromatic carbocycles. The third-order valence-electron chi connectivity index (χ3n) is 5.04. The number of benzene rings is 2. The van der Waals surface area contributed by atoms with E-state index in [9.17, 15) is 22.3 Å². The summed E-state index contributed by atoms with van der Waals surface area (Å²) in [5, 5.41) is 13.7. The van der Waals surface area contributed by atoms with E-state index in [1.807, 2.05) is 22.6 Å². The molecule has 0 bridgehead atoms. The number of aliphatic hydroxyl groups excluding tert-OH is 1. The fourth-order valence-corrected chi connectivity index (χ4v) is 5.73. The highest BCUT2D eigenvalue weighted by molar-refractivity contribution is 14.1. The monoisotopic (exact) mass is 592 g/mol. The van der Waals surface area contributed by atoms with Crippen molar-refractivity contribution < 1.29 is 22.3 Å². The third-order valence-corrected chi connectivity index (χ3v) is 7.48. The van der Waals surface area contributed by atoms with E-state index >= 15 is 0 Å². The molecule has 0 atom stereocenters.